The Hall–Kier alpha value is -1.82. The van der Waals surface area contributed by atoms with Gasteiger partial charge in [0, 0.05) is 23.4 Å². The summed E-state index contributed by atoms with van der Waals surface area (Å²) in [6.07, 6.45) is 4.54. The maximum atomic E-state index is 13.1. The number of halogens is 2. The highest BCUT2D eigenvalue weighted by Crippen LogP contribution is 2.26. The number of benzene rings is 2. The highest BCUT2D eigenvalue weighted by molar-refractivity contribution is 7.86. The Balaban J connectivity index is 0.00000225. The van der Waals surface area contributed by atoms with E-state index in [0.717, 1.165) is 60.3 Å². The van der Waals surface area contributed by atoms with Gasteiger partial charge < -0.3 is 4.90 Å². The van der Waals surface area contributed by atoms with Gasteiger partial charge in [-0.3, -0.25) is 9.19 Å². The molecule has 1 fully saturated rings. The minimum atomic E-state index is -1.03. The smallest absolute Gasteiger partial charge is 0.123 e. The summed E-state index contributed by atoms with van der Waals surface area (Å²) >= 11 is 0. The van der Waals surface area contributed by atoms with E-state index in [0.29, 0.717) is 0 Å². The monoisotopic (exact) mass is 418 g/mol. The quantitative estimate of drug-likeness (QED) is 0.606. The number of para-hydroxylation sites is 1. The SMILES string of the molecule is Cl.O=S(c1cccc2cccnc12)C1CCN(CCc2ccc(F)cc2)CC1. The zero-order chi connectivity index (χ0) is 18.6. The summed E-state index contributed by atoms with van der Waals surface area (Å²) < 4.78 is 26.1. The van der Waals surface area contributed by atoms with Crippen molar-refractivity contribution in [3.63, 3.8) is 0 Å². The maximum absolute atomic E-state index is 13.1. The summed E-state index contributed by atoms with van der Waals surface area (Å²) in [5.41, 5.74) is 2.01. The van der Waals surface area contributed by atoms with Crippen molar-refractivity contribution in [2.45, 2.75) is 29.4 Å². The molecule has 0 saturated carbocycles. The molecular weight excluding hydrogens is 395 g/mol. The molecule has 1 aliphatic heterocycles. The Labute approximate surface area is 173 Å². The standard InChI is InChI=1S/C22H23FN2OS.ClH/c23-19-8-6-17(7-9-19)10-14-25-15-11-20(12-16-25)27(26)21-5-1-3-18-4-2-13-24-22(18)21;/h1-9,13,20H,10-12,14-16H2;1H. The van der Waals surface area contributed by atoms with Crippen molar-refractivity contribution in [2.75, 3.05) is 19.6 Å². The van der Waals surface area contributed by atoms with E-state index in [-0.39, 0.29) is 23.5 Å². The number of aromatic nitrogens is 1. The van der Waals surface area contributed by atoms with Crippen LogP contribution in [0.1, 0.15) is 18.4 Å². The predicted octanol–water partition coefficient (Wildman–Crippen LogP) is 4.61. The van der Waals surface area contributed by atoms with Crippen molar-refractivity contribution in [2.24, 2.45) is 0 Å². The number of nitrogens with zero attached hydrogens (tertiary/aromatic N) is 2. The second-order valence-electron chi connectivity index (χ2n) is 7.05. The molecule has 148 valence electrons. The van der Waals surface area contributed by atoms with E-state index in [2.05, 4.69) is 9.88 Å². The normalized spacial score (nSPS) is 16.6. The lowest BCUT2D eigenvalue weighted by molar-refractivity contribution is 0.234. The molecule has 1 atom stereocenters. The molecule has 2 aromatic carbocycles. The fraction of sp³-hybridized carbons (Fsp3) is 0.318. The maximum Gasteiger partial charge on any atom is 0.123 e. The third-order valence-corrected chi connectivity index (χ3v) is 7.12. The average molecular weight is 419 g/mol. The second-order valence-corrected chi connectivity index (χ2v) is 8.75. The molecule has 4 rings (SSSR count). The van der Waals surface area contributed by atoms with Crippen LogP contribution in [0, 0.1) is 5.82 Å². The lowest BCUT2D eigenvalue weighted by Gasteiger charge is -2.31. The Kier molecular flexibility index (Phi) is 7.16. The summed E-state index contributed by atoms with van der Waals surface area (Å²) in [5.74, 6) is -0.190. The van der Waals surface area contributed by atoms with Crippen molar-refractivity contribution in [1.82, 2.24) is 9.88 Å². The Morgan fingerprint density at radius 1 is 1.04 bits per heavy atom. The lowest BCUT2D eigenvalue weighted by Crippen LogP contribution is -2.38. The Bertz CT molecular complexity index is 937. The number of hydrogen-bond donors (Lipinski definition) is 0. The molecular formula is C22H24ClFN2OS. The predicted molar refractivity (Wildman–Crippen MR) is 115 cm³/mol. The van der Waals surface area contributed by atoms with Gasteiger partial charge in [0.25, 0.3) is 0 Å². The van der Waals surface area contributed by atoms with E-state index in [1.165, 1.54) is 12.1 Å². The first-order valence-corrected chi connectivity index (χ1v) is 10.6. The lowest BCUT2D eigenvalue weighted by atomic mass is 10.1. The number of fused-ring (bicyclic) bond motifs is 1. The van der Waals surface area contributed by atoms with Crippen LogP contribution in [0.2, 0.25) is 0 Å². The molecule has 3 nitrogen and oxygen atoms in total. The topological polar surface area (TPSA) is 33.2 Å². The van der Waals surface area contributed by atoms with Crippen molar-refractivity contribution >= 4 is 34.1 Å². The molecule has 0 amide bonds. The van der Waals surface area contributed by atoms with Gasteiger partial charge in [0.2, 0.25) is 0 Å². The van der Waals surface area contributed by atoms with Gasteiger partial charge in [-0.1, -0.05) is 30.3 Å². The summed E-state index contributed by atoms with van der Waals surface area (Å²) in [6.45, 7) is 2.87. The zero-order valence-corrected chi connectivity index (χ0v) is 17.2. The van der Waals surface area contributed by atoms with E-state index in [1.807, 2.05) is 42.5 Å². The first kappa shape index (κ1) is 20.9. The van der Waals surface area contributed by atoms with Crippen LogP contribution in [-0.2, 0) is 17.2 Å². The van der Waals surface area contributed by atoms with E-state index in [1.54, 1.807) is 6.20 Å². The molecule has 1 aliphatic rings. The molecule has 0 N–H and O–H groups in total. The molecule has 6 heteroatoms. The van der Waals surface area contributed by atoms with Crippen LogP contribution >= 0.6 is 12.4 Å². The minimum absolute atomic E-state index is 0. The van der Waals surface area contributed by atoms with Crippen molar-refractivity contribution in [1.29, 1.82) is 0 Å². The Morgan fingerprint density at radius 3 is 2.50 bits per heavy atom. The van der Waals surface area contributed by atoms with Gasteiger partial charge in [0.15, 0.2) is 0 Å². The van der Waals surface area contributed by atoms with Crippen molar-refractivity contribution < 1.29 is 8.60 Å². The van der Waals surface area contributed by atoms with E-state index in [4.69, 9.17) is 0 Å². The fourth-order valence-electron chi connectivity index (χ4n) is 3.70. The number of likely N-dealkylation sites (tertiary alicyclic amines) is 1. The van der Waals surface area contributed by atoms with E-state index in [9.17, 15) is 8.60 Å². The van der Waals surface area contributed by atoms with Gasteiger partial charge in [-0.15, -0.1) is 12.4 Å². The first-order valence-electron chi connectivity index (χ1n) is 9.42. The molecule has 0 spiro atoms. The zero-order valence-electron chi connectivity index (χ0n) is 15.6. The number of hydrogen-bond acceptors (Lipinski definition) is 3. The molecule has 1 unspecified atom stereocenters. The molecule has 3 aromatic rings. The molecule has 0 aliphatic carbocycles. The van der Waals surface area contributed by atoms with Gasteiger partial charge >= 0.3 is 0 Å². The number of piperidine rings is 1. The van der Waals surface area contributed by atoms with Gasteiger partial charge in [-0.2, -0.15) is 0 Å². The van der Waals surface area contributed by atoms with Crippen LogP contribution in [-0.4, -0.2) is 39.0 Å². The minimum Gasteiger partial charge on any atom is -0.303 e. The van der Waals surface area contributed by atoms with E-state index >= 15 is 0 Å². The molecule has 28 heavy (non-hydrogen) atoms. The van der Waals surface area contributed by atoms with E-state index < -0.39 is 10.8 Å². The molecule has 1 saturated heterocycles. The van der Waals surface area contributed by atoms with Gasteiger partial charge in [0.05, 0.1) is 21.2 Å². The van der Waals surface area contributed by atoms with Crippen molar-refractivity contribution in [3.8, 4) is 0 Å². The largest absolute Gasteiger partial charge is 0.303 e. The van der Waals surface area contributed by atoms with Crippen molar-refractivity contribution in [3.05, 3.63) is 72.2 Å². The highest BCUT2D eigenvalue weighted by atomic mass is 35.5. The number of pyridine rings is 1. The van der Waals surface area contributed by atoms with Crippen LogP contribution in [0.15, 0.2) is 65.7 Å². The van der Waals surface area contributed by atoms with Crippen LogP contribution < -0.4 is 0 Å². The van der Waals surface area contributed by atoms with Gasteiger partial charge in [0.1, 0.15) is 5.82 Å². The average Bonchev–Trinajstić information content (AvgIpc) is 2.73. The third kappa shape index (κ3) is 4.77. The molecule has 2 heterocycles. The highest BCUT2D eigenvalue weighted by Gasteiger charge is 2.25. The molecule has 0 radical (unpaired) electrons. The Morgan fingerprint density at radius 2 is 1.75 bits per heavy atom. The molecule has 1 aromatic heterocycles. The summed E-state index contributed by atoms with van der Waals surface area (Å²) in [4.78, 5) is 7.73. The summed E-state index contributed by atoms with van der Waals surface area (Å²) in [7, 11) is -1.03. The first-order chi connectivity index (χ1) is 13.2. The van der Waals surface area contributed by atoms with Crippen LogP contribution in [0.4, 0.5) is 4.39 Å². The summed E-state index contributed by atoms with van der Waals surface area (Å²) in [5, 5.41) is 1.22. The van der Waals surface area contributed by atoms with Gasteiger partial charge in [-0.25, -0.2) is 4.39 Å². The van der Waals surface area contributed by atoms with Crippen LogP contribution in [0.25, 0.3) is 10.9 Å². The van der Waals surface area contributed by atoms with Crippen LogP contribution in [0.3, 0.4) is 0 Å². The molecule has 0 bridgehead atoms. The second kappa shape index (κ2) is 9.59. The number of rotatable bonds is 5. The fourth-order valence-corrected chi connectivity index (χ4v) is 5.28. The van der Waals surface area contributed by atoms with Gasteiger partial charge in [-0.05, 0) is 62.2 Å². The third-order valence-electron chi connectivity index (χ3n) is 5.28. The summed E-state index contributed by atoms with van der Waals surface area (Å²) in [6, 6.07) is 16.6. The van der Waals surface area contributed by atoms with Crippen LogP contribution in [0.5, 0.6) is 0 Å².